The summed E-state index contributed by atoms with van der Waals surface area (Å²) in [6, 6.07) is 12.2. The van der Waals surface area contributed by atoms with E-state index in [0.717, 1.165) is 28.4 Å². The summed E-state index contributed by atoms with van der Waals surface area (Å²) in [4.78, 5) is 4.47. The number of nitrogen functional groups attached to an aromatic ring is 1. The van der Waals surface area contributed by atoms with Gasteiger partial charge in [0.1, 0.15) is 5.75 Å². The average molecular weight is 325 g/mol. The number of nitrogens with two attached hydrogens (primary N) is 1. The van der Waals surface area contributed by atoms with E-state index >= 15 is 0 Å². The van der Waals surface area contributed by atoms with Crippen LogP contribution >= 0.6 is 11.5 Å². The molecule has 0 bridgehead atoms. The van der Waals surface area contributed by atoms with Gasteiger partial charge in [0.25, 0.3) is 5.19 Å². The predicted octanol–water partition coefficient (Wildman–Crippen LogP) is 4.43. The molecule has 23 heavy (non-hydrogen) atoms. The smallest absolute Gasteiger partial charge is 0.298 e. The molecule has 1 heterocycles. The van der Waals surface area contributed by atoms with E-state index in [1.54, 1.807) is 0 Å². The van der Waals surface area contributed by atoms with Crippen molar-refractivity contribution in [3.8, 4) is 10.9 Å². The highest BCUT2D eigenvalue weighted by atomic mass is 32.1. The number of benzene rings is 2. The Morgan fingerprint density at radius 3 is 2.52 bits per heavy atom. The molecule has 0 aliphatic carbocycles. The summed E-state index contributed by atoms with van der Waals surface area (Å²) in [5.74, 6) is 1.55. The van der Waals surface area contributed by atoms with Gasteiger partial charge in [-0.1, -0.05) is 29.8 Å². The summed E-state index contributed by atoms with van der Waals surface area (Å²) >= 11 is 1.27. The Hall–Kier alpha value is -2.40. The van der Waals surface area contributed by atoms with Crippen LogP contribution in [0.1, 0.15) is 28.1 Å². The normalized spacial score (nSPS) is 10.7. The summed E-state index contributed by atoms with van der Waals surface area (Å²) in [6.07, 6.45) is 0.708. The van der Waals surface area contributed by atoms with Crippen molar-refractivity contribution in [2.75, 3.05) is 5.73 Å². The highest BCUT2D eigenvalue weighted by Gasteiger charge is 2.10. The summed E-state index contributed by atoms with van der Waals surface area (Å²) < 4.78 is 10.3. The van der Waals surface area contributed by atoms with Crippen molar-refractivity contribution in [1.82, 2.24) is 9.36 Å². The van der Waals surface area contributed by atoms with Gasteiger partial charge in [-0.2, -0.15) is 9.36 Å². The van der Waals surface area contributed by atoms with Crippen LogP contribution in [0.3, 0.4) is 0 Å². The molecule has 0 atom stereocenters. The number of nitrogens with zero attached hydrogens (tertiary/aromatic N) is 2. The van der Waals surface area contributed by atoms with E-state index in [-0.39, 0.29) is 0 Å². The van der Waals surface area contributed by atoms with E-state index in [1.165, 1.54) is 22.7 Å². The van der Waals surface area contributed by atoms with Crippen molar-refractivity contribution in [2.45, 2.75) is 27.2 Å². The topological polar surface area (TPSA) is 61.0 Å². The lowest BCUT2D eigenvalue weighted by Crippen LogP contribution is -1.94. The standard InChI is InChI=1S/C18H19N3OS/c1-11-4-6-14(7-5-11)10-17-20-18(23-21-17)22-16-9-12(2)15(19)8-13(16)3/h4-9H,10,19H2,1-3H3. The van der Waals surface area contributed by atoms with Crippen LogP contribution in [0.15, 0.2) is 36.4 Å². The molecule has 0 saturated heterocycles. The molecule has 2 aromatic carbocycles. The first kappa shape index (κ1) is 15.5. The second-order valence-corrected chi connectivity index (χ2v) is 6.43. The second-order valence-electron chi connectivity index (χ2n) is 5.72. The van der Waals surface area contributed by atoms with Crippen LogP contribution in [-0.2, 0) is 6.42 Å². The molecule has 118 valence electrons. The van der Waals surface area contributed by atoms with Crippen molar-refractivity contribution in [3.05, 3.63) is 64.5 Å². The Bertz CT molecular complexity index is 825. The number of aryl methyl sites for hydroxylation is 3. The van der Waals surface area contributed by atoms with Gasteiger partial charge in [-0.05, 0) is 49.6 Å². The minimum absolute atomic E-state index is 0.555. The molecule has 0 saturated carbocycles. The molecular formula is C18H19N3OS. The number of ether oxygens (including phenoxy) is 1. The lowest BCUT2D eigenvalue weighted by atomic mass is 10.1. The predicted molar refractivity (Wildman–Crippen MR) is 94.3 cm³/mol. The van der Waals surface area contributed by atoms with Crippen molar-refractivity contribution >= 4 is 17.2 Å². The molecule has 0 amide bonds. The monoisotopic (exact) mass is 325 g/mol. The molecular weight excluding hydrogens is 306 g/mol. The molecule has 0 radical (unpaired) electrons. The Labute approximate surface area is 140 Å². The van der Waals surface area contributed by atoms with Crippen molar-refractivity contribution < 1.29 is 4.74 Å². The fraction of sp³-hybridized carbons (Fsp3) is 0.222. The minimum Gasteiger partial charge on any atom is -0.430 e. The maximum absolute atomic E-state index is 5.90. The SMILES string of the molecule is Cc1ccc(Cc2nsc(Oc3cc(C)c(N)cc3C)n2)cc1. The lowest BCUT2D eigenvalue weighted by molar-refractivity contribution is 0.473. The van der Waals surface area contributed by atoms with Gasteiger partial charge in [0.2, 0.25) is 0 Å². The highest BCUT2D eigenvalue weighted by Crippen LogP contribution is 2.30. The van der Waals surface area contributed by atoms with E-state index in [1.807, 2.05) is 26.0 Å². The van der Waals surface area contributed by atoms with Crippen LogP contribution in [0, 0.1) is 20.8 Å². The van der Waals surface area contributed by atoms with Gasteiger partial charge in [-0.25, -0.2) is 0 Å². The van der Waals surface area contributed by atoms with Crippen LogP contribution in [0.5, 0.6) is 10.9 Å². The molecule has 3 rings (SSSR count). The molecule has 0 unspecified atom stereocenters. The van der Waals surface area contributed by atoms with E-state index in [9.17, 15) is 0 Å². The zero-order valence-electron chi connectivity index (χ0n) is 13.5. The molecule has 2 N–H and O–H groups in total. The van der Waals surface area contributed by atoms with Gasteiger partial charge < -0.3 is 10.5 Å². The van der Waals surface area contributed by atoms with E-state index in [4.69, 9.17) is 10.5 Å². The van der Waals surface area contributed by atoms with Crippen LogP contribution in [-0.4, -0.2) is 9.36 Å². The molecule has 3 aromatic rings. The van der Waals surface area contributed by atoms with Gasteiger partial charge in [-0.3, -0.25) is 0 Å². The third kappa shape index (κ3) is 3.68. The Balaban J connectivity index is 1.74. The zero-order chi connectivity index (χ0) is 16.4. The van der Waals surface area contributed by atoms with E-state index in [2.05, 4.69) is 40.5 Å². The van der Waals surface area contributed by atoms with Gasteiger partial charge in [0, 0.05) is 23.6 Å². The molecule has 0 fully saturated rings. The Kier molecular flexibility index (Phi) is 4.30. The minimum atomic E-state index is 0.555. The second kappa shape index (κ2) is 6.38. The van der Waals surface area contributed by atoms with Gasteiger partial charge >= 0.3 is 0 Å². The summed E-state index contributed by atoms with van der Waals surface area (Å²) in [7, 11) is 0. The van der Waals surface area contributed by atoms with Crippen LogP contribution < -0.4 is 10.5 Å². The molecule has 4 nitrogen and oxygen atoms in total. The van der Waals surface area contributed by atoms with Gasteiger partial charge in [-0.15, -0.1) is 0 Å². The molecule has 0 aliphatic rings. The van der Waals surface area contributed by atoms with Gasteiger partial charge in [0.15, 0.2) is 5.82 Å². The number of rotatable bonds is 4. The summed E-state index contributed by atoms with van der Waals surface area (Å²) in [6.45, 7) is 6.01. The quantitative estimate of drug-likeness (QED) is 0.721. The summed E-state index contributed by atoms with van der Waals surface area (Å²) in [5.41, 5.74) is 11.1. The van der Waals surface area contributed by atoms with E-state index < -0.39 is 0 Å². The molecule has 1 aromatic heterocycles. The number of hydrogen-bond acceptors (Lipinski definition) is 5. The van der Waals surface area contributed by atoms with Crippen molar-refractivity contribution in [2.24, 2.45) is 0 Å². The number of anilines is 1. The molecule has 0 spiro atoms. The first-order valence-electron chi connectivity index (χ1n) is 7.44. The van der Waals surface area contributed by atoms with Crippen molar-refractivity contribution in [1.29, 1.82) is 0 Å². The third-order valence-corrected chi connectivity index (χ3v) is 4.33. The average Bonchev–Trinajstić information content (AvgIpc) is 2.94. The largest absolute Gasteiger partial charge is 0.430 e. The zero-order valence-corrected chi connectivity index (χ0v) is 14.3. The van der Waals surface area contributed by atoms with Crippen molar-refractivity contribution in [3.63, 3.8) is 0 Å². The maximum Gasteiger partial charge on any atom is 0.298 e. The Morgan fingerprint density at radius 2 is 1.78 bits per heavy atom. The maximum atomic E-state index is 5.90. The Morgan fingerprint density at radius 1 is 1.04 bits per heavy atom. The first-order chi connectivity index (χ1) is 11.0. The summed E-state index contributed by atoms with van der Waals surface area (Å²) in [5, 5.41) is 0.555. The lowest BCUT2D eigenvalue weighted by Gasteiger charge is -2.08. The fourth-order valence-electron chi connectivity index (χ4n) is 2.26. The number of hydrogen-bond donors (Lipinski definition) is 1. The number of aromatic nitrogens is 2. The van der Waals surface area contributed by atoms with Crippen LogP contribution in [0.25, 0.3) is 0 Å². The molecule has 5 heteroatoms. The third-order valence-electron chi connectivity index (χ3n) is 3.69. The molecule has 0 aliphatic heterocycles. The van der Waals surface area contributed by atoms with Crippen LogP contribution in [0.4, 0.5) is 5.69 Å². The van der Waals surface area contributed by atoms with Crippen LogP contribution in [0.2, 0.25) is 0 Å². The fourth-order valence-corrected chi connectivity index (χ4v) is 2.82. The first-order valence-corrected chi connectivity index (χ1v) is 8.21. The van der Waals surface area contributed by atoms with E-state index in [0.29, 0.717) is 11.6 Å². The highest BCUT2D eigenvalue weighted by molar-refractivity contribution is 7.07. The van der Waals surface area contributed by atoms with Gasteiger partial charge in [0.05, 0.1) is 0 Å².